The molecule has 0 saturated heterocycles. The molecular weight excluding hydrogens is 289 g/mol. The molecular formula is C15H10FN3OS. The Kier molecular flexibility index (Phi) is 3.70. The van der Waals surface area contributed by atoms with Gasteiger partial charge in [0.2, 0.25) is 0 Å². The van der Waals surface area contributed by atoms with Crippen molar-refractivity contribution in [2.45, 2.75) is 0 Å². The van der Waals surface area contributed by atoms with Gasteiger partial charge in [0.15, 0.2) is 5.01 Å². The number of thiazole rings is 1. The number of hydrogen-bond acceptors (Lipinski definition) is 4. The van der Waals surface area contributed by atoms with E-state index in [0.717, 1.165) is 10.2 Å². The fourth-order valence-corrected chi connectivity index (χ4v) is 2.61. The Morgan fingerprint density at radius 3 is 2.76 bits per heavy atom. The minimum Gasteiger partial charge on any atom is -0.265 e. The first kappa shape index (κ1) is 13.4. The second-order valence-electron chi connectivity index (χ2n) is 4.21. The van der Waals surface area contributed by atoms with Crippen molar-refractivity contribution in [2.24, 2.45) is 5.10 Å². The summed E-state index contributed by atoms with van der Waals surface area (Å²) in [6.45, 7) is 0. The summed E-state index contributed by atoms with van der Waals surface area (Å²) >= 11 is 1.28. The van der Waals surface area contributed by atoms with Crippen molar-refractivity contribution in [2.75, 3.05) is 0 Å². The lowest BCUT2D eigenvalue weighted by atomic mass is 10.2. The third kappa shape index (κ3) is 2.95. The van der Waals surface area contributed by atoms with Gasteiger partial charge in [0.1, 0.15) is 5.82 Å². The van der Waals surface area contributed by atoms with Crippen LogP contribution in [0, 0.1) is 5.82 Å². The maximum atomic E-state index is 13.4. The standard InChI is InChI=1S/C15H10FN3OS/c16-11-6-2-1-5-10(11)9-17-19-14(20)15-18-12-7-3-4-8-13(12)21-15/h1-9H,(H,19,20). The normalized spacial score (nSPS) is 11.1. The first-order valence-corrected chi connectivity index (χ1v) is 6.99. The average molecular weight is 299 g/mol. The van der Waals surface area contributed by atoms with Gasteiger partial charge in [-0.1, -0.05) is 30.3 Å². The molecule has 1 N–H and O–H groups in total. The molecule has 2 aromatic carbocycles. The Hall–Kier alpha value is -2.60. The summed E-state index contributed by atoms with van der Waals surface area (Å²) in [4.78, 5) is 16.1. The van der Waals surface area contributed by atoms with Gasteiger partial charge in [-0.05, 0) is 18.2 Å². The number of halogens is 1. The van der Waals surface area contributed by atoms with E-state index in [0.29, 0.717) is 10.6 Å². The van der Waals surface area contributed by atoms with Gasteiger partial charge in [-0.3, -0.25) is 4.79 Å². The molecule has 0 bridgehead atoms. The number of benzene rings is 2. The molecule has 0 unspecified atom stereocenters. The summed E-state index contributed by atoms with van der Waals surface area (Å²) in [7, 11) is 0. The maximum Gasteiger partial charge on any atom is 0.300 e. The number of carbonyl (C=O) groups excluding carboxylic acids is 1. The van der Waals surface area contributed by atoms with Crippen LogP contribution >= 0.6 is 11.3 Å². The Balaban J connectivity index is 1.73. The lowest BCUT2D eigenvalue weighted by molar-refractivity contribution is 0.0955. The Morgan fingerprint density at radius 2 is 1.95 bits per heavy atom. The van der Waals surface area contributed by atoms with E-state index < -0.39 is 11.7 Å². The van der Waals surface area contributed by atoms with Crippen molar-refractivity contribution in [1.29, 1.82) is 0 Å². The van der Waals surface area contributed by atoms with Crippen LogP contribution in [0.25, 0.3) is 10.2 Å². The molecule has 0 aliphatic heterocycles. The number of fused-ring (bicyclic) bond motifs is 1. The molecule has 21 heavy (non-hydrogen) atoms. The van der Waals surface area contributed by atoms with Crippen LogP contribution in [0.4, 0.5) is 4.39 Å². The van der Waals surface area contributed by atoms with Gasteiger partial charge in [0.05, 0.1) is 16.4 Å². The van der Waals surface area contributed by atoms with Gasteiger partial charge in [0, 0.05) is 5.56 Å². The van der Waals surface area contributed by atoms with Crippen molar-refractivity contribution in [3.8, 4) is 0 Å². The molecule has 6 heteroatoms. The number of hydrogen-bond donors (Lipinski definition) is 1. The van der Waals surface area contributed by atoms with Gasteiger partial charge in [-0.15, -0.1) is 11.3 Å². The van der Waals surface area contributed by atoms with E-state index in [4.69, 9.17) is 0 Å². The van der Waals surface area contributed by atoms with E-state index in [9.17, 15) is 9.18 Å². The zero-order chi connectivity index (χ0) is 14.7. The van der Waals surface area contributed by atoms with Crippen molar-refractivity contribution in [1.82, 2.24) is 10.4 Å². The number of para-hydroxylation sites is 1. The van der Waals surface area contributed by atoms with E-state index in [1.165, 1.54) is 23.6 Å². The molecule has 3 rings (SSSR count). The number of rotatable bonds is 3. The topological polar surface area (TPSA) is 54.4 Å². The van der Waals surface area contributed by atoms with Crippen LogP contribution < -0.4 is 5.43 Å². The number of amides is 1. The highest BCUT2D eigenvalue weighted by Gasteiger charge is 2.10. The molecule has 0 aliphatic carbocycles. The summed E-state index contributed by atoms with van der Waals surface area (Å²) in [5, 5.41) is 4.07. The molecule has 0 radical (unpaired) electrons. The zero-order valence-electron chi connectivity index (χ0n) is 10.8. The predicted molar refractivity (Wildman–Crippen MR) is 81.1 cm³/mol. The third-order valence-electron chi connectivity index (χ3n) is 2.76. The van der Waals surface area contributed by atoms with E-state index in [2.05, 4.69) is 15.5 Å². The van der Waals surface area contributed by atoms with Crippen LogP contribution in [0.1, 0.15) is 15.4 Å². The van der Waals surface area contributed by atoms with Gasteiger partial charge >= 0.3 is 0 Å². The largest absolute Gasteiger partial charge is 0.300 e. The molecule has 3 aromatic rings. The van der Waals surface area contributed by atoms with Crippen molar-refractivity contribution >= 4 is 33.7 Å². The second kappa shape index (κ2) is 5.80. The van der Waals surface area contributed by atoms with Crippen molar-refractivity contribution in [3.63, 3.8) is 0 Å². The zero-order valence-corrected chi connectivity index (χ0v) is 11.6. The second-order valence-corrected chi connectivity index (χ2v) is 5.24. The third-order valence-corrected chi connectivity index (χ3v) is 3.80. The van der Waals surface area contributed by atoms with Crippen LogP contribution in [0.2, 0.25) is 0 Å². The molecule has 0 spiro atoms. The molecule has 4 nitrogen and oxygen atoms in total. The minimum atomic E-state index is -0.413. The molecule has 0 saturated carbocycles. The fourth-order valence-electron chi connectivity index (χ4n) is 1.76. The monoisotopic (exact) mass is 299 g/mol. The number of nitrogens with one attached hydrogen (secondary N) is 1. The van der Waals surface area contributed by atoms with E-state index in [-0.39, 0.29) is 0 Å². The Morgan fingerprint density at radius 1 is 1.19 bits per heavy atom. The van der Waals surface area contributed by atoms with Gasteiger partial charge < -0.3 is 0 Å². The fraction of sp³-hybridized carbons (Fsp3) is 0. The van der Waals surface area contributed by atoms with E-state index in [1.807, 2.05) is 24.3 Å². The molecule has 104 valence electrons. The van der Waals surface area contributed by atoms with Crippen LogP contribution in [0.5, 0.6) is 0 Å². The van der Waals surface area contributed by atoms with Gasteiger partial charge in [-0.25, -0.2) is 14.8 Å². The van der Waals surface area contributed by atoms with Crippen LogP contribution in [-0.4, -0.2) is 17.1 Å². The van der Waals surface area contributed by atoms with Crippen molar-refractivity contribution in [3.05, 3.63) is 64.9 Å². The van der Waals surface area contributed by atoms with Crippen LogP contribution in [0.15, 0.2) is 53.6 Å². The van der Waals surface area contributed by atoms with Gasteiger partial charge in [-0.2, -0.15) is 5.10 Å². The Labute approximate surface area is 124 Å². The first-order chi connectivity index (χ1) is 10.2. The summed E-state index contributed by atoms with van der Waals surface area (Å²) in [5.41, 5.74) is 3.42. The highest BCUT2D eigenvalue weighted by Crippen LogP contribution is 2.21. The number of hydrazone groups is 1. The predicted octanol–water partition coefficient (Wildman–Crippen LogP) is 3.20. The molecule has 1 amide bonds. The molecule has 0 fully saturated rings. The molecule has 1 heterocycles. The SMILES string of the molecule is O=C(NN=Cc1ccccc1F)c1nc2ccccc2s1. The summed E-state index contributed by atoms with van der Waals surface area (Å²) in [6, 6.07) is 13.7. The van der Waals surface area contributed by atoms with Crippen LogP contribution in [-0.2, 0) is 0 Å². The number of carbonyl (C=O) groups is 1. The smallest absolute Gasteiger partial charge is 0.265 e. The molecule has 1 aromatic heterocycles. The van der Waals surface area contributed by atoms with E-state index >= 15 is 0 Å². The maximum absolute atomic E-state index is 13.4. The summed E-state index contributed by atoms with van der Waals surface area (Å²) in [5.74, 6) is -0.806. The highest BCUT2D eigenvalue weighted by atomic mass is 32.1. The quantitative estimate of drug-likeness (QED) is 0.596. The summed E-state index contributed by atoms with van der Waals surface area (Å²) < 4.78 is 14.3. The minimum absolute atomic E-state index is 0.307. The number of nitrogens with zero attached hydrogens (tertiary/aromatic N) is 2. The van der Waals surface area contributed by atoms with E-state index in [1.54, 1.807) is 18.2 Å². The first-order valence-electron chi connectivity index (χ1n) is 6.17. The number of aromatic nitrogens is 1. The lowest BCUT2D eigenvalue weighted by Crippen LogP contribution is -2.17. The van der Waals surface area contributed by atoms with Gasteiger partial charge in [0.25, 0.3) is 5.91 Å². The molecule has 0 aliphatic rings. The Bertz CT molecular complexity index is 795. The summed E-state index contributed by atoms with van der Waals surface area (Å²) in [6.07, 6.45) is 1.26. The molecule has 0 atom stereocenters. The van der Waals surface area contributed by atoms with Crippen molar-refractivity contribution < 1.29 is 9.18 Å². The highest BCUT2D eigenvalue weighted by molar-refractivity contribution is 7.20. The van der Waals surface area contributed by atoms with Crippen LogP contribution in [0.3, 0.4) is 0 Å². The average Bonchev–Trinajstić information content (AvgIpc) is 2.93. The lowest BCUT2D eigenvalue weighted by Gasteiger charge is -1.96.